The molecule has 56 heavy (non-hydrogen) atoms. The van der Waals surface area contributed by atoms with Crippen LogP contribution in [0.5, 0.6) is 0 Å². The number of hydrogen-bond acceptors (Lipinski definition) is 0. The van der Waals surface area contributed by atoms with Gasteiger partial charge in [-0.05, 0) is 118 Å². The number of rotatable bonds is 7. The first-order valence-electron chi connectivity index (χ1n) is 19.3. The van der Waals surface area contributed by atoms with Crippen molar-refractivity contribution in [1.82, 2.24) is 0 Å². The summed E-state index contributed by atoms with van der Waals surface area (Å²) in [5.74, 6) is 0. The third-order valence-electron chi connectivity index (χ3n) is 11.1. The lowest BCUT2D eigenvalue weighted by Gasteiger charge is -2.21. The fourth-order valence-electron chi connectivity index (χ4n) is 8.38. The van der Waals surface area contributed by atoms with Crippen LogP contribution >= 0.6 is 0 Å². The summed E-state index contributed by atoms with van der Waals surface area (Å²) in [5, 5.41) is 5.00. The van der Waals surface area contributed by atoms with Crippen molar-refractivity contribution in [3.8, 4) is 77.9 Å². The molecule has 0 nitrogen and oxygen atoms in total. The van der Waals surface area contributed by atoms with Crippen LogP contribution in [-0.2, 0) is 0 Å². The van der Waals surface area contributed by atoms with Crippen molar-refractivity contribution in [2.45, 2.75) is 0 Å². The molecule has 0 aliphatic rings. The fraction of sp³-hybridized carbons (Fsp3) is 0. The summed E-state index contributed by atoms with van der Waals surface area (Å²) in [5.41, 5.74) is 17.0. The minimum atomic E-state index is 1.19. The maximum Gasteiger partial charge on any atom is -0.00199 e. The van der Waals surface area contributed by atoms with Gasteiger partial charge in [-0.15, -0.1) is 0 Å². The Bertz CT molecular complexity index is 2920. The second-order valence-electron chi connectivity index (χ2n) is 14.4. The normalized spacial score (nSPS) is 11.2. The van der Waals surface area contributed by atoms with E-state index in [9.17, 15) is 0 Å². The Labute approximate surface area is 328 Å². The summed E-state index contributed by atoms with van der Waals surface area (Å²) in [6, 6.07) is 84.0. The van der Waals surface area contributed by atoms with Crippen molar-refractivity contribution in [1.29, 1.82) is 0 Å². The van der Waals surface area contributed by atoms with E-state index in [2.05, 4.69) is 231 Å². The fourth-order valence-corrected chi connectivity index (χ4v) is 8.38. The lowest BCUT2D eigenvalue weighted by Crippen LogP contribution is -1.94. The molecule has 0 fully saturated rings. The molecule has 10 aromatic rings. The Hall–Kier alpha value is -7.28. The van der Waals surface area contributed by atoms with Crippen molar-refractivity contribution in [3.05, 3.63) is 231 Å². The number of fused-ring (bicyclic) bond motifs is 2. The van der Waals surface area contributed by atoms with Gasteiger partial charge in [0.25, 0.3) is 0 Å². The Balaban J connectivity index is 1.17. The lowest BCUT2D eigenvalue weighted by molar-refractivity contribution is 1.56. The molecule has 0 spiro atoms. The molecule has 0 heteroatoms. The molecule has 10 rings (SSSR count). The zero-order chi connectivity index (χ0) is 37.3. The third-order valence-corrected chi connectivity index (χ3v) is 11.1. The maximum absolute atomic E-state index is 2.42. The highest BCUT2D eigenvalue weighted by molar-refractivity contribution is 6.22. The van der Waals surface area contributed by atoms with Crippen LogP contribution in [0.1, 0.15) is 0 Å². The highest BCUT2D eigenvalue weighted by atomic mass is 14.2. The van der Waals surface area contributed by atoms with Gasteiger partial charge in [-0.25, -0.2) is 0 Å². The number of hydrogen-bond donors (Lipinski definition) is 0. The monoisotopic (exact) mass is 710 g/mol. The Morgan fingerprint density at radius 2 is 0.482 bits per heavy atom. The molecule has 10 aromatic carbocycles. The first-order valence-corrected chi connectivity index (χ1v) is 19.3. The second kappa shape index (κ2) is 14.5. The van der Waals surface area contributed by atoms with Crippen molar-refractivity contribution in [3.63, 3.8) is 0 Å². The first kappa shape index (κ1) is 33.3. The van der Waals surface area contributed by atoms with Gasteiger partial charge in [0.15, 0.2) is 0 Å². The van der Waals surface area contributed by atoms with E-state index in [1.54, 1.807) is 0 Å². The van der Waals surface area contributed by atoms with Crippen LogP contribution in [-0.4, -0.2) is 0 Å². The predicted octanol–water partition coefficient (Wildman–Crippen LogP) is 15.7. The van der Waals surface area contributed by atoms with Crippen LogP contribution < -0.4 is 0 Å². The van der Waals surface area contributed by atoms with Crippen LogP contribution in [0.25, 0.3) is 99.4 Å². The van der Waals surface area contributed by atoms with Gasteiger partial charge in [-0.2, -0.15) is 0 Å². The smallest absolute Gasteiger partial charge is 0.00199 e. The topological polar surface area (TPSA) is 0 Å². The van der Waals surface area contributed by atoms with Gasteiger partial charge >= 0.3 is 0 Å². The average molecular weight is 711 g/mol. The van der Waals surface area contributed by atoms with Gasteiger partial charge in [-0.3, -0.25) is 0 Å². The lowest BCUT2D eigenvalue weighted by atomic mass is 9.82. The summed E-state index contributed by atoms with van der Waals surface area (Å²) in [6.07, 6.45) is 0. The Morgan fingerprint density at radius 3 is 0.964 bits per heavy atom. The van der Waals surface area contributed by atoms with Gasteiger partial charge < -0.3 is 0 Å². The van der Waals surface area contributed by atoms with Gasteiger partial charge in [0.1, 0.15) is 0 Å². The maximum atomic E-state index is 2.42. The molecule has 0 heterocycles. The molecule has 262 valence electrons. The summed E-state index contributed by atoms with van der Waals surface area (Å²) < 4.78 is 0. The standard InChI is InChI=1S/C56H38/c1-4-16-39(17-5-1)44-22-14-23-45(36-44)41-30-32-42(33-31-41)47-34-35-49(48-25-15-24-46(37-48)40-18-6-2-7-19-40)54(38-47)56-52-28-12-10-26-50(52)55(43-20-8-3-9-21-43)51-27-11-13-29-53(51)56/h1-38H. The molecule has 0 unspecified atom stereocenters. The van der Waals surface area contributed by atoms with Crippen LogP contribution in [0.2, 0.25) is 0 Å². The summed E-state index contributed by atoms with van der Waals surface area (Å²) >= 11 is 0. The summed E-state index contributed by atoms with van der Waals surface area (Å²) in [7, 11) is 0. The van der Waals surface area contributed by atoms with E-state index < -0.39 is 0 Å². The molecule has 0 saturated carbocycles. The van der Waals surface area contributed by atoms with Crippen LogP contribution in [0.15, 0.2) is 231 Å². The van der Waals surface area contributed by atoms with Gasteiger partial charge in [0, 0.05) is 0 Å². The van der Waals surface area contributed by atoms with E-state index in [1.165, 1.54) is 99.4 Å². The minimum absolute atomic E-state index is 1.19. The quantitative estimate of drug-likeness (QED) is 0.144. The molecule has 0 radical (unpaired) electrons. The third kappa shape index (κ3) is 6.18. The zero-order valence-electron chi connectivity index (χ0n) is 30.9. The van der Waals surface area contributed by atoms with Crippen LogP contribution in [0, 0.1) is 0 Å². The van der Waals surface area contributed by atoms with E-state index in [1.807, 2.05) is 0 Å². The summed E-state index contributed by atoms with van der Waals surface area (Å²) in [6.45, 7) is 0. The van der Waals surface area contributed by atoms with Crippen molar-refractivity contribution in [2.24, 2.45) is 0 Å². The Kier molecular flexibility index (Phi) is 8.63. The predicted molar refractivity (Wildman–Crippen MR) is 240 cm³/mol. The van der Waals surface area contributed by atoms with E-state index in [4.69, 9.17) is 0 Å². The van der Waals surface area contributed by atoms with E-state index in [0.717, 1.165) is 0 Å². The molecule has 0 aliphatic heterocycles. The minimum Gasteiger partial charge on any atom is -0.0622 e. The summed E-state index contributed by atoms with van der Waals surface area (Å²) in [4.78, 5) is 0. The molecule has 0 aliphatic carbocycles. The number of benzene rings is 10. The van der Waals surface area contributed by atoms with E-state index >= 15 is 0 Å². The van der Waals surface area contributed by atoms with Crippen LogP contribution in [0.4, 0.5) is 0 Å². The molecular weight excluding hydrogens is 673 g/mol. The van der Waals surface area contributed by atoms with E-state index in [-0.39, 0.29) is 0 Å². The SMILES string of the molecule is c1ccc(-c2cccc(-c3ccc(-c4ccc(-c5cccc(-c6ccccc6)c5)c(-c5c6ccccc6c(-c6ccccc6)c6ccccc56)c4)cc3)c2)cc1. The highest BCUT2D eigenvalue weighted by Crippen LogP contribution is 2.47. The molecular formula is C56H38. The molecule has 0 atom stereocenters. The van der Waals surface area contributed by atoms with Gasteiger partial charge in [-0.1, -0.05) is 212 Å². The molecule has 0 saturated heterocycles. The largest absolute Gasteiger partial charge is 0.0622 e. The van der Waals surface area contributed by atoms with Gasteiger partial charge in [0.05, 0.1) is 0 Å². The molecule has 0 aromatic heterocycles. The van der Waals surface area contributed by atoms with Crippen LogP contribution in [0.3, 0.4) is 0 Å². The average Bonchev–Trinajstić information content (AvgIpc) is 3.29. The van der Waals surface area contributed by atoms with Crippen molar-refractivity contribution >= 4 is 21.5 Å². The van der Waals surface area contributed by atoms with Gasteiger partial charge in [0.2, 0.25) is 0 Å². The Morgan fingerprint density at radius 1 is 0.161 bits per heavy atom. The van der Waals surface area contributed by atoms with E-state index in [0.29, 0.717) is 0 Å². The van der Waals surface area contributed by atoms with Crippen molar-refractivity contribution < 1.29 is 0 Å². The highest BCUT2D eigenvalue weighted by Gasteiger charge is 2.20. The molecule has 0 amide bonds. The second-order valence-corrected chi connectivity index (χ2v) is 14.4. The zero-order valence-corrected chi connectivity index (χ0v) is 30.9. The molecule has 0 bridgehead atoms. The first-order chi connectivity index (χ1) is 27.8. The van der Waals surface area contributed by atoms with Crippen molar-refractivity contribution in [2.75, 3.05) is 0 Å². The molecule has 0 N–H and O–H groups in total.